The van der Waals surface area contributed by atoms with Crippen molar-refractivity contribution in [1.82, 2.24) is 30.6 Å². The number of rotatable bonds is 4. The number of aromatic nitrogens is 4. The van der Waals surface area contributed by atoms with Crippen LogP contribution in [0.5, 0.6) is 0 Å². The van der Waals surface area contributed by atoms with Gasteiger partial charge in [-0.05, 0) is 85.6 Å². The second-order valence-electron chi connectivity index (χ2n) is 14.2. The molecule has 58 heavy (non-hydrogen) atoms. The van der Waals surface area contributed by atoms with Crippen LogP contribution in [0, 0.1) is 13.8 Å². The lowest BCUT2D eigenvalue weighted by Crippen LogP contribution is -2.31. The summed E-state index contributed by atoms with van der Waals surface area (Å²) >= 11 is 6.02. The molecule has 11 heteroatoms. The number of hydrogen-bond acceptors (Lipinski definition) is 6. The van der Waals surface area contributed by atoms with E-state index in [0.29, 0.717) is 18.2 Å². The Kier molecular flexibility index (Phi) is 11.6. The van der Waals surface area contributed by atoms with Crippen LogP contribution in [0.4, 0.5) is 17.2 Å². The Labute approximate surface area is 342 Å². The fourth-order valence-electron chi connectivity index (χ4n) is 7.19. The van der Waals surface area contributed by atoms with Crippen molar-refractivity contribution in [1.29, 1.82) is 0 Å². The third-order valence-corrected chi connectivity index (χ3v) is 10.1. The van der Waals surface area contributed by atoms with Crippen LogP contribution in [0.3, 0.4) is 0 Å². The van der Waals surface area contributed by atoms with Crippen LogP contribution in [0.2, 0.25) is 5.15 Å². The lowest BCUT2D eigenvalue weighted by Gasteiger charge is -2.11. The first-order chi connectivity index (χ1) is 27.7. The van der Waals surface area contributed by atoms with Gasteiger partial charge in [-0.2, -0.15) is 0 Å². The molecule has 0 bridgehead atoms. The van der Waals surface area contributed by atoms with E-state index in [1.807, 2.05) is 97.9 Å². The number of amides is 2. The van der Waals surface area contributed by atoms with E-state index in [1.165, 1.54) is 11.1 Å². The number of nitrogen functional groups attached to an aromatic ring is 1. The third kappa shape index (κ3) is 8.57. The van der Waals surface area contributed by atoms with Crippen molar-refractivity contribution >= 4 is 62.4 Å². The number of carbonyl (C=O) groups is 2. The number of fused-ring (bicyclic) bond motifs is 4. The number of anilines is 3. The molecule has 2 aliphatic heterocycles. The van der Waals surface area contributed by atoms with Gasteiger partial charge in [0.15, 0.2) is 0 Å². The molecule has 4 aromatic heterocycles. The molecular weight excluding hydrogens is 744 g/mol. The molecule has 0 radical (unpaired) electrons. The third-order valence-electron chi connectivity index (χ3n) is 9.93. The smallest absolute Gasteiger partial charge is 0.253 e. The summed E-state index contributed by atoms with van der Waals surface area (Å²) in [7, 11) is 0. The molecular formula is C47H45ClN8O2. The maximum atomic E-state index is 12.1. The zero-order valence-electron chi connectivity index (χ0n) is 31.5. The molecule has 10 rings (SSSR count). The van der Waals surface area contributed by atoms with E-state index in [0.717, 1.165) is 96.9 Å². The summed E-state index contributed by atoms with van der Waals surface area (Å²) in [5.74, 6) is 0.753. The number of nitrogens with one attached hydrogen (secondary N) is 5. The van der Waals surface area contributed by atoms with E-state index in [2.05, 4.69) is 62.1 Å². The van der Waals surface area contributed by atoms with E-state index in [9.17, 15) is 9.59 Å². The molecule has 7 N–H and O–H groups in total. The average molecular weight is 789 g/mol. The van der Waals surface area contributed by atoms with E-state index >= 15 is 0 Å². The van der Waals surface area contributed by atoms with Gasteiger partial charge in [-0.3, -0.25) is 9.59 Å². The van der Waals surface area contributed by atoms with Crippen LogP contribution < -0.4 is 21.7 Å². The van der Waals surface area contributed by atoms with Gasteiger partial charge in [0.25, 0.3) is 11.8 Å². The molecule has 0 saturated heterocycles. The first-order valence-electron chi connectivity index (χ1n) is 18.8. The SMILES string of the molecule is C.Cc1cccc(N)c1.Cc1cccc(Nc2ccc3cccc(-c4cc5c([nH]4)CCNC5=O)c3n2)c1.O=C1NCCc2[nH]c(-c3cccc4ccc(Cl)nc34)cc21. The van der Waals surface area contributed by atoms with Gasteiger partial charge in [0.05, 0.1) is 22.2 Å². The predicted molar refractivity (Wildman–Crippen MR) is 237 cm³/mol. The van der Waals surface area contributed by atoms with Gasteiger partial charge >= 0.3 is 0 Å². The van der Waals surface area contributed by atoms with Gasteiger partial charge in [0.2, 0.25) is 0 Å². The Morgan fingerprint density at radius 2 is 1.14 bits per heavy atom. The summed E-state index contributed by atoms with van der Waals surface area (Å²) in [5, 5.41) is 11.7. The molecule has 0 spiro atoms. The van der Waals surface area contributed by atoms with Crippen molar-refractivity contribution in [2.45, 2.75) is 34.1 Å². The van der Waals surface area contributed by atoms with Crippen LogP contribution in [0.15, 0.2) is 121 Å². The molecule has 2 amide bonds. The minimum Gasteiger partial charge on any atom is -0.399 e. The van der Waals surface area contributed by atoms with Gasteiger partial charge in [0, 0.05) is 82.0 Å². The maximum Gasteiger partial charge on any atom is 0.253 e. The lowest BCUT2D eigenvalue weighted by molar-refractivity contribution is 0.0937. The second-order valence-corrected chi connectivity index (χ2v) is 14.5. The molecule has 0 atom stereocenters. The summed E-state index contributed by atoms with van der Waals surface area (Å²) < 4.78 is 0. The highest BCUT2D eigenvalue weighted by molar-refractivity contribution is 6.29. The average Bonchev–Trinajstić information content (AvgIpc) is 3.85. The molecule has 6 heterocycles. The quantitative estimate of drug-likeness (QED) is 0.0771. The zero-order chi connectivity index (χ0) is 39.5. The van der Waals surface area contributed by atoms with Crippen molar-refractivity contribution in [3.63, 3.8) is 0 Å². The van der Waals surface area contributed by atoms with Crippen LogP contribution in [0.1, 0.15) is 50.7 Å². The highest BCUT2D eigenvalue weighted by atomic mass is 35.5. The summed E-state index contributed by atoms with van der Waals surface area (Å²) in [4.78, 5) is 40.1. The van der Waals surface area contributed by atoms with Crippen molar-refractivity contribution in [3.8, 4) is 22.5 Å². The van der Waals surface area contributed by atoms with Crippen LogP contribution >= 0.6 is 11.6 Å². The minimum atomic E-state index is -0.0232. The van der Waals surface area contributed by atoms with Crippen molar-refractivity contribution in [2.24, 2.45) is 0 Å². The Bertz CT molecular complexity index is 2770. The Morgan fingerprint density at radius 3 is 1.67 bits per heavy atom. The molecule has 0 aliphatic carbocycles. The molecule has 0 fully saturated rings. The fraction of sp³-hybridized carbons (Fsp3) is 0.149. The van der Waals surface area contributed by atoms with Gasteiger partial charge in [-0.25, -0.2) is 9.97 Å². The predicted octanol–water partition coefficient (Wildman–Crippen LogP) is 9.95. The number of nitrogens with zero attached hydrogens (tertiary/aromatic N) is 2. The van der Waals surface area contributed by atoms with Crippen LogP contribution in [-0.2, 0) is 12.8 Å². The van der Waals surface area contributed by atoms with Gasteiger partial charge in [0.1, 0.15) is 11.0 Å². The number of H-pyrrole nitrogens is 2. The Balaban J connectivity index is 0.000000150. The standard InChI is InChI=1S/C23H20N4O.C16H12ClN3O.C7H9N.CH4/c1-14-4-2-6-16(12-14)25-21-9-8-15-5-3-7-17(22(15)27-21)20-13-18-19(26-20)10-11-24-23(18)28;17-14-5-4-9-2-1-3-10(15(9)20-14)13-8-11-12(19-13)6-7-18-16(11)21;1-6-3-2-4-7(8)5-6;/h2-9,12-13,26H,10-11H2,1H3,(H,24,28)(H,25,27);1-5,8,19H,6-7H2,(H,18,21);2-5H,8H2,1H3;1H4. The van der Waals surface area contributed by atoms with Crippen molar-refractivity contribution in [2.75, 3.05) is 24.1 Å². The Hall–Kier alpha value is -6.91. The highest BCUT2D eigenvalue weighted by Gasteiger charge is 2.22. The molecule has 292 valence electrons. The second kappa shape index (κ2) is 17.1. The van der Waals surface area contributed by atoms with E-state index < -0.39 is 0 Å². The normalized spacial score (nSPS) is 12.7. The molecule has 8 aromatic rings. The number of carbonyl (C=O) groups excluding carboxylic acids is 2. The maximum absolute atomic E-state index is 12.1. The van der Waals surface area contributed by atoms with Gasteiger partial charge in [-0.15, -0.1) is 0 Å². The summed E-state index contributed by atoms with van der Waals surface area (Å²) in [6.45, 7) is 5.44. The van der Waals surface area contributed by atoms with Crippen molar-refractivity contribution < 1.29 is 9.59 Å². The van der Waals surface area contributed by atoms with E-state index in [-0.39, 0.29) is 19.2 Å². The summed E-state index contributed by atoms with van der Waals surface area (Å²) in [6.07, 6.45) is 1.64. The van der Waals surface area contributed by atoms with E-state index in [1.54, 1.807) is 6.07 Å². The lowest BCUT2D eigenvalue weighted by atomic mass is 10.1. The number of hydrogen-bond donors (Lipinski definition) is 6. The number of benzene rings is 4. The van der Waals surface area contributed by atoms with Crippen LogP contribution in [0.25, 0.3) is 44.3 Å². The highest BCUT2D eigenvalue weighted by Crippen LogP contribution is 2.32. The fourth-order valence-corrected chi connectivity index (χ4v) is 7.34. The summed E-state index contributed by atoms with van der Waals surface area (Å²) in [5.41, 5.74) is 18.6. The number of halogens is 1. The molecule has 2 aliphatic rings. The van der Waals surface area contributed by atoms with Crippen molar-refractivity contribution in [3.05, 3.63) is 160 Å². The molecule has 0 unspecified atom stereocenters. The number of para-hydroxylation sites is 2. The zero-order valence-corrected chi connectivity index (χ0v) is 32.3. The van der Waals surface area contributed by atoms with Gasteiger partial charge in [-0.1, -0.05) is 79.7 Å². The summed E-state index contributed by atoms with van der Waals surface area (Å²) in [6, 6.07) is 39.7. The largest absolute Gasteiger partial charge is 0.399 e. The number of pyridine rings is 2. The minimum absolute atomic E-state index is 0. The first kappa shape index (κ1) is 39.3. The molecule has 4 aromatic carbocycles. The topological polar surface area (TPSA) is 154 Å². The van der Waals surface area contributed by atoms with E-state index in [4.69, 9.17) is 22.3 Å². The number of nitrogens with two attached hydrogens (primary N) is 1. The molecule has 10 nitrogen and oxygen atoms in total. The first-order valence-corrected chi connectivity index (χ1v) is 19.2. The monoisotopic (exact) mass is 788 g/mol. The van der Waals surface area contributed by atoms with Crippen LogP contribution in [-0.4, -0.2) is 44.8 Å². The number of aromatic amines is 2. The number of aryl methyl sites for hydroxylation is 2. The molecule has 0 saturated carbocycles. The Morgan fingerprint density at radius 1 is 0.603 bits per heavy atom. The van der Waals surface area contributed by atoms with Gasteiger partial charge < -0.3 is 31.7 Å².